The highest BCUT2D eigenvalue weighted by atomic mass is 16.2. The molecule has 1 amide bonds. The monoisotopic (exact) mass is 272 g/mol. The largest absolute Gasteiger partial charge is 0.396 e. The number of nitrogens with zero attached hydrogens (tertiary/aromatic N) is 1. The van der Waals surface area contributed by atoms with Gasteiger partial charge >= 0.3 is 0 Å². The van der Waals surface area contributed by atoms with Gasteiger partial charge in [0.2, 0.25) is 0 Å². The van der Waals surface area contributed by atoms with Crippen molar-refractivity contribution < 1.29 is 9.90 Å². The molecule has 0 aliphatic carbocycles. The van der Waals surface area contributed by atoms with Crippen molar-refractivity contribution in [2.45, 2.75) is 19.4 Å². The number of nitrogens with one attached hydrogen (secondary N) is 1. The van der Waals surface area contributed by atoms with Gasteiger partial charge in [-0.2, -0.15) is 0 Å². The van der Waals surface area contributed by atoms with Crippen LogP contribution in [0.5, 0.6) is 0 Å². The third-order valence-corrected chi connectivity index (χ3v) is 3.13. The van der Waals surface area contributed by atoms with Gasteiger partial charge in [-0.15, -0.1) is 0 Å². The molecule has 1 aromatic heterocycles. The Morgan fingerprint density at radius 1 is 1.10 bits per heavy atom. The van der Waals surface area contributed by atoms with Crippen LogP contribution < -0.4 is 5.32 Å². The minimum Gasteiger partial charge on any atom is -0.396 e. The highest BCUT2D eigenvalue weighted by Gasteiger charge is 2.10. The molecule has 0 spiro atoms. The van der Waals surface area contributed by atoms with Gasteiger partial charge in [0.1, 0.15) is 5.69 Å². The third-order valence-electron chi connectivity index (χ3n) is 3.13. The summed E-state index contributed by atoms with van der Waals surface area (Å²) in [6, 6.07) is 13.8. The summed E-state index contributed by atoms with van der Waals surface area (Å²) in [6.45, 7) is 1.45. The average molecular weight is 272 g/mol. The topological polar surface area (TPSA) is 54.3 Å². The molecule has 1 aromatic carbocycles. The fraction of sp³-hybridized carbons (Fsp3) is 0.312. The zero-order valence-corrected chi connectivity index (χ0v) is 11.5. The molecule has 0 fully saturated rings. The first-order chi connectivity index (χ1) is 9.81. The maximum absolute atomic E-state index is 12.1. The van der Waals surface area contributed by atoms with Crippen LogP contribution in [-0.4, -0.2) is 28.7 Å². The van der Waals surface area contributed by atoms with Crippen LogP contribution in [-0.2, 0) is 6.54 Å². The molecule has 0 aliphatic rings. The fourth-order valence-corrected chi connectivity index (χ4v) is 2.07. The van der Waals surface area contributed by atoms with E-state index >= 15 is 0 Å². The number of benzene rings is 1. The second-order valence-corrected chi connectivity index (χ2v) is 4.69. The molecule has 0 radical (unpaired) electrons. The van der Waals surface area contributed by atoms with Crippen molar-refractivity contribution in [3.05, 3.63) is 59.9 Å². The van der Waals surface area contributed by atoms with Gasteiger partial charge in [-0.25, -0.2) is 0 Å². The minimum absolute atomic E-state index is 0.0659. The smallest absolute Gasteiger partial charge is 0.267 e. The molecular formula is C16H20N2O2. The second-order valence-electron chi connectivity index (χ2n) is 4.69. The predicted molar refractivity (Wildman–Crippen MR) is 78.6 cm³/mol. The Balaban J connectivity index is 1.96. The van der Waals surface area contributed by atoms with Gasteiger partial charge in [0, 0.05) is 25.9 Å². The summed E-state index contributed by atoms with van der Waals surface area (Å²) < 4.78 is 1.94. The Kier molecular flexibility index (Phi) is 5.38. The van der Waals surface area contributed by atoms with Crippen LogP contribution >= 0.6 is 0 Å². The molecule has 0 saturated carbocycles. The van der Waals surface area contributed by atoms with E-state index < -0.39 is 0 Å². The first-order valence-corrected chi connectivity index (χ1v) is 6.89. The van der Waals surface area contributed by atoms with Crippen molar-refractivity contribution in [2.75, 3.05) is 13.2 Å². The van der Waals surface area contributed by atoms with E-state index in [0.717, 1.165) is 12.0 Å². The molecule has 2 N–H and O–H groups in total. The summed E-state index contributed by atoms with van der Waals surface area (Å²) in [5.41, 5.74) is 1.83. The predicted octanol–water partition coefficient (Wildman–Crippen LogP) is 2.04. The van der Waals surface area contributed by atoms with E-state index in [1.54, 1.807) is 0 Å². The highest BCUT2D eigenvalue weighted by Crippen LogP contribution is 2.08. The number of hydrogen-bond donors (Lipinski definition) is 2. The number of aromatic nitrogens is 1. The Hall–Kier alpha value is -2.07. The van der Waals surface area contributed by atoms with E-state index in [-0.39, 0.29) is 12.5 Å². The first-order valence-electron chi connectivity index (χ1n) is 6.89. The number of unbranched alkanes of at least 4 members (excludes halogenated alkanes) is 1. The normalized spacial score (nSPS) is 10.4. The van der Waals surface area contributed by atoms with E-state index in [1.165, 1.54) is 0 Å². The Bertz CT molecular complexity index is 534. The quantitative estimate of drug-likeness (QED) is 0.758. The van der Waals surface area contributed by atoms with E-state index in [9.17, 15) is 4.79 Å². The number of carbonyl (C=O) groups excluding carboxylic acids is 1. The molecule has 2 aromatic rings. The van der Waals surface area contributed by atoms with Crippen LogP contribution in [0.15, 0.2) is 48.7 Å². The third kappa shape index (κ3) is 3.96. The molecule has 0 bridgehead atoms. The molecule has 0 unspecified atom stereocenters. The van der Waals surface area contributed by atoms with Gasteiger partial charge in [-0.1, -0.05) is 30.3 Å². The molecule has 1 heterocycles. The summed E-state index contributed by atoms with van der Waals surface area (Å²) in [4.78, 5) is 12.1. The zero-order valence-electron chi connectivity index (χ0n) is 11.5. The van der Waals surface area contributed by atoms with Gasteiger partial charge in [0.05, 0.1) is 0 Å². The van der Waals surface area contributed by atoms with Crippen LogP contribution in [0.2, 0.25) is 0 Å². The van der Waals surface area contributed by atoms with Gasteiger partial charge in [-0.3, -0.25) is 4.79 Å². The molecule has 0 atom stereocenters. The molecule has 4 heteroatoms. The Morgan fingerprint density at radius 2 is 1.90 bits per heavy atom. The summed E-state index contributed by atoms with van der Waals surface area (Å²) in [7, 11) is 0. The molecular weight excluding hydrogens is 252 g/mol. The summed E-state index contributed by atoms with van der Waals surface area (Å²) in [5.74, 6) is -0.0659. The maximum atomic E-state index is 12.1. The molecule has 106 valence electrons. The standard InChI is InChI=1S/C16H20N2O2/c19-12-5-4-10-17-16(20)15-9-6-11-18(15)13-14-7-2-1-3-8-14/h1-3,6-9,11,19H,4-5,10,12-13H2,(H,17,20). The van der Waals surface area contributed by atoms with Gasteiger partial charge in [0.25, 0.3) is 5.91 Å². The highest BCUT2D eigenvalue weighted by molar-refractivity contribution is 5.92. The lowest BCUT2D eigenvalue weighted by molar-refractivity contribution is 0.0943. The van der Waals surface area contributed by atoms with Crippen LogP contribution in [0.25, 0.3) is 0 Å². The van der Waals surface area contributed by atoms with Crippen molar-refractivity contribution in [3.63, 3.8) is 0 Å². The summed E-state index contributed by atoms with van der Waals surface area (Å²) >= 11 is 0. The number of aliphatic hydroxyl groups excluding tert-OH is 1. The minimum atomic E-state index is -0.0659. The molecule has 20 heavy (non-hydrogen) atoms. The van der Waals surface area contributed by atoms with Crippen molar-refractivity contribution >= 4 is 5.91 Å². The van der Waals surface area contributed by atoms with Crippen molar-refractivity contribution in [1.82, 2.24) is 9.88 Å². The molecule has 2 rings (SSSR count). The van der Waals surface area contributed by atoms with E-state index in [4.69, 9.17) is 5.11 Å². The Morgan fingerprint density at radius 3 is 2.65 bits per heavy atom. The molecule has 0 saturated heterocycles. The lowest BCUT2D eigenvalue weighted by Gasteiger charge is -2.10. The average Bonchev–Trinajstić information content (AvgIpc) is 2.93. The fourth-order valence-electron chi connectivity index (χ4n) is 2.07. The number of carbonyl (C=O) groups is 1. The van der Waals surface area contributed by atoms with Gasteiger partial charge < -0.3 is 15.0 Å². The van der Waals surface area contributed by atoms with Crippen LogP contribution in [0.1, 0.15) is 28.9 Å². The molecule has 4 nitrogen and oxygen atoms in total. The number of amides is 1. The van der Waals surface area contributed by atoms with E-state index in [1.807, 2.05) is 53.2 Å². The van der Waals surface area contributed by atoms with Crippen molar-refractivity contribution in [1.29, 1.82) is 0 Å². The second kappa shape index (κ2) is 7.50. The molecule has 0 aliphatic heterocycles. The van der Waals surface area contributed by atoms with Crippen LogP contribution in [0.3, 0.4) is 0 Å². The van der Waals surface area contributed by atoms with Crippen LogP contribution in [0.4, 0.5) is 0 Å². The van der Waals surface area contributed by atoms with Gasteiger partial charge in [0.15, 0.2) is 0 Å². The number of rotatable bonds is 7. The number of hydrogen-bond acceptors (Lipinski definition) is 2. The lowest BCUT2D eigenvalue weighted by Crippen LogP contribution is -2.27. The van der Waals surface area contributed by atoms with E-state index in [0.29, 0.717) is 25.2 Å². The van der Waals surface area contributed by atoms with Crippen molar-refractivity contribution in [3.8, 4) is 0 Å². The van der Waals surface area contributed by atoms with Crippen LogP contribution in [0, 0.1) is 0 Å². The Labute approximate surface area is 119 Å². The first kappa shape index (κ1) is 14.3. The van der Waals surface area contributed by atoms with Gasteiger partial charge in [-0.05, 0) is 30.5 Å². The van der Waals surface area contributed by atoms with E-state index in [2.05, 4.69) is 5.32 Å². The lowest BCUT2D eigenvalue weighted by atomic mass is 10.2. The SMILES string of the molecule is O=C(NCCCCO)c1cccn1Cc1ccccc1. The zero-order chi connectivity index (χ0) is 14.2. The van der Waals surface area contributed by atoms with Crippen molar-refractivity contribution in [2.24, 2.45) is 0 Å². The summed E-state index contributed by atoms with van der Waals surface area (Å²) in [6.07, 6.45) is 3.42. The maximum Gasteiger partial charge on any atom is 0.267 e. The summed E-state index contributed by atoms with van der Waals surface area (Å²) in [5, 5.41) is 11.6. The number of aliphatic hydroxyl groups is 1.